The lowest BCUT2D eigenvalue weighted by Crippen LogP contribution is -2.31. The van der Waals surface area contributed by atoms with E-state index in [-0.39, 0.29) is 5.91 Å². The van der Waals surface area contributed by atoms with E-state index < -0.39 is 0 Å². The van der Waals surface area contributed by atoms with Crippen LogP contribution in [0, 0.1) is 12.8 Å². The summed E-state index contributed by atoms with van der Waals surface area (Å²) in [6.07, 6.45) is 4.67. The Morgan fingerprint density at radius 1 is 1.25 bits per heavy atom. The van der Waals surface area contributed by atoms with Crippen molar-refractivity contribution in [2.24, 2.45) is 5.92 Å². The van der Waals surface area contributed by atoms with Gasteiger partial charge in [-0.1, -0.05) is 17.7 Å². The lowest BCUT2D eigenvalue weighted by atomic mass is 10.1. The molecule has 0 spiro atoms. The number of hydrogen-bond donors (Lipinski definition) is 1. The molecule has 144 valence electrons. The van der Waals surface area contributed by atoms with Gasteiger partial charge in [0.2, 0.25) is 0 Å². The predicted molar refractivity (Wildman–Crippen MR) is 112 cm³/mol. The molecule has 2 heterocycles. The van der Waals surface area contributed by atoms with Gasteiger partial charge >= 0.3 is 0 Å². The molecule has 1 atom stereocenters. The van der Waals surface area contributed by atoms with E-state index in [1.165, 1.54) is 11.3 Å². The van der Waals surface area contributed by atoms with E-state index in [4.69, 9.17) is 11.6 Å². The Morgan fingerprint density at radius 3 is 2.82 bits per heavy atom. The van der Waals surface area contributed by atoms with Crippen LogP contribution in [0.1, 0.15) is 22.3 Å². The van der Waals surface area contributed by atoms with Gasteiger partial charge in [-0.15, -0.1) is 0 Å². The van der Waals surface area contributed by atoms with E-state index in [1.807, 2.05) is 48.7 Å². The lowest BCUT2D eigenvalue weighted by Gasteiger charge is -2.21. The maximum atomic E-state index is 12.5. The monoisotopic (exact) mass is 394 g/mol. The van der Waals surface area contributed by atoms with Crippen LogP contribution in [-0.2, 0) is 0 Å². The highest BCUT2D eigenvalue weighted by molar-refractivity contribution is 6.30. The summed E-state index contributed by atoms with van der Waals surface area (Å²) in [5, 5.41) is 8.04. The minimum absolute atomic E-state index is 0.0376. The normalized spacial score (nSPS) is 16.4. The average molecular weight is 395 g/mol. The largest absolute Gasteiger partial charge is 0.371 e. The lowest BCUT2D eigenvalue weighted by molar-refractivity contribution is 0.0948. The third-order valence-corrected chi connectivity index (χ3v) is 5.48. The second-order valence-corrected chi connectivity index (χ2v) is 7.68. The smallest absolute Gasteiger partial charge is 0.251 e. The molecule has 28 heavy (non-hydrogen) atoms. The van der Waals surface area contributed by atoms with Gasteiger partial charge in [0.05, 0.1) is 5.69 Å². The van der Waals surface area contributed by atoms with Crippen molar-refractivity contribution in [3.63, 3.8) is 0 Å². The van der Waals surface area contributed by atoms with Gasteiger partial charge in [0.25, 0.3) is 5.91 Å². The molecule has 0 radical (unpaired) electrons. The number of rotatable bonds is 5. The van der Waals surface area contributed by atoms with Crippen LogP contribution in [0.25, 0.3) is 5.69 Å². The van der Waals surface area contributed by atoms with Crippen molar-refractivity contribution in [1.82, 2.24) is 15.1 Å². The molecule has 4 rings (SSSR count). The summed E-state index contributed by atoms with van der Waals surface area (Å²) < 4.78 is 1.77. The first kappa shape index (κ1) is 18.6. The Balaban J connectivity index is 1.32. The number of halogens is 1. The molecule has 1 aliphatic heterocycles. The third kappa shape index (κ3) is 4.04. The first-order valence-electron chi connectivity index (χ1n) is 9.49. The van der Waals surface area contributed by atoms with Crippen molar-refractivity contribution >= 4 is 23.2 Å². The number of aromatic nitrogens is 2. The fourth-order valence-corrected chi connectivity index (χ4v) is 3.83. The topological polar surface area (TPSA) is 50.2 Å². The molecule has 1 N–H and O–H groups in total. The Morgan fingerprint density at radius 2 is 2.07 bits per heavy atom. The summed E-state index contributed by atoms with van der Waals surface area (Å²) in [6.45, 7) is 4.70. The molecule has 1 aromatic heterocycles. The van der Waals surface area contributed by atoms with Crippen LogP contribution in [0.4, 0.5) is 5.69 Å². The quantitative estimate of drug-likeness (QED) is 0.709. The van der Waals surface area contributed by atoms with Gasteiger partial charge in [-0.3, -0.25) is 4.79 Å². The van der Waals surface area contributed by atoms with Crippen molar-refractivity contribution in [3.8, 4) is 5.69 Å². The molecule has 1 aliphatic rings. The van der Waals surface area contributed by atoms with Gasteiger partial charge in [0.1, 0.15) is 0 Å². The van der Waals surface area contributed by atoms with Crippen molar-refractivity contribution in [2.45, 2.75) is 13.3 Å². The fourth-order valence-electron chi connectivity index (χ4n) is 3.67. The van der Waals surface area contributed by atoms with E-state index in [1.54, 1.807) is 10.9 Å². The fraction of sp³-hybridized carbons (Fsp3) is 0.273. The second-order valence-electron chi connectivity index (χ2n) is 7.24. The number of amides is 1. The summed E-state index contributed by atoms with van der Waals surface area (Å²) in [6, 6.07) is 15.4. The molecule has 0 saturated carbocycles. The van der Waals surface area contributed by atoms with Crippen molar-refractivity contribution < 1.29 is 4.79 Å². The maximum Gasteiger partial charge on any atom is 0.251 e. The van der Waals surface area contributed by atoms with E-state index >= 15 is 0 Å². The van der Waals surface area contributed by atoms with E-state index in [0.717, 1.165) is 30.2 Å². The summed E-state index contributed by atoms with van der Waals surface area (Å²) in [5.41, 5.74) is 4.02. The number of nitrogens with zero attached hydrogens (tertiary/aromatic N) is 3. The second kappa shape index (κ2) is 8.07. The van der Waals surface area contributed by atoms with E-state index in [0.29, 0.717) is 18.0 Å². The van der Waals surface area contributed by atoms with Crippen LogP contribution < -0.4 is 10.2 Å². The number of anilines is 1. The molecular weight excluding hydrogens is 372 g/mol. The molecule has 0 bridgehead atoms. The highest BCUT2D eigenvalue weighted by atomic mass is 35.5. The Hall–Kier alpha value is -2.79. The Bertz CT molecular complexity index is 953. The van der Waals surface area contributed by atoms with E-state index in [9.17, 15) is 4.79 Å². The van der Waals surface area contributed by atoms with Gasteiger partial charge in [-0.25, -0.2) is 4.68 Å². The van der Waals surface area contributed by atoms with Crippen molar-refractivity contribution in [1.29, 1.82) is 0 Å². The Labute approximate surface area is 169 Å². The average Bonchev–Trinajstić information content (AvgIpc) is 3.40. The molecule has 1 fully saturated rings. The first-order chi connectivity index (χ1) is 13.6. The van der Waals surface area contributed by atoms with Crippen molar-refractivity contribution in [2.75, 3.05) is 24.5 Å². The molecule has 6 heteroatoms. The highest BCUT2D eigenvalue weighted by Crippen LogP contribution is 2.29. The zero-order valence-corrected chi connectivity index (χ0v) is 16.6. The molecular formula is C22H23ClN4O. The first-order valence-corrected chi connectivity index (χ1v) is 9.87. The minimum Gasteiger partial charge on any atom is -0.371 e. The van der Waals surface area contributed by atoms with E-state index in [2.05, 4.69) is 28.3 Å². The minimum atomic E-state index is -0.0376. The van der Waals surface area contributed by atoms with Crippen LogP contribution in [0.3, 0.4) is 0 Å². The highest BCUT2D eigenvalue weighted by Gasteiger charge is 2.24. The third-order valence-electron chi connectivity index (χ3n) is 5.25. The van der Waals surface area contributed by atoms with Crippen LogP contribution in [0.5, 0.6) is 0 Å². The molecule has 5 nitrogen and oxygen atoms in total. The van der Waals surface area contributed by atoms with Crippen LogP contribution >= 0.6 is 11.6 Å². The summed E-state index contributed by atoms with van der Waals surface area (Å²) in [5.74, 6) is 0.398. The number of carbonyl (C=O) groups is 1. The van der Waals surface area contributed by atoms with Gasteiger partial charge in [-0.2, -0.15) is 5.10 Å². The maximum absolute atomic E-state index is 12.5. The zero-order valence-electron chi connectivity index (χ0n) is 15.8. The van der Waals surface area contributed by atoms with Gasteiger partial charge in [-0.05, 0) is 67.3 Å². The number of carbonyl (C=O) groups excluding carboxylic acids is 1. The number of nitrogens with one attached hydrogen (secondary N) is 1. The van der Waals surface area contributed by atoms with Crippen molar-refractivity contribution in [3.05, 3.63) is 77.1 Å². The molecule has 1 unspecified atom stereocenters. The van der Waals surface area contributed by atoms with Crippen LogP contribution in [0.2, 0.25) is 5.02 Å². The van der Waals surface area contributed by atoms with Gasteiger partial charge < -0.3 is 10.2 Å². The van der Waals surface area contributed by atoms with Crippen LogP contribution in [0.15, 0.2) is 60.9 Å². The number of aryl methyl sites for hydroxylation is 1. The standard InChI is InChI=1S/C22H23ClN4O/c1-16-3-6-19(23)13-21(16)26-12-9-17(15-26)14-24-22(28)18-4-7-20(8-5-18)27-11-2-10-25-27/h2-8,10-11,13,17H,9,12,14-15H2,1H3,(H,24,28). The molecule has 2 aromatic carbocycles. The Kier molecular flexibility index (Phi) is 5.35. The summed E-state index contributed by atoms with van der Waals surface area (Å²) >= 11 is 6.16. The predicted octanol–water partition coefficient (Wildman–Crippen LogP) is 4.09. The zero-order chi connectivity index (χ0) is 19.5. The van der Waals surface area contributed by atoms with Gasteiger partial charge in [0.15, 0.2) is 0 Å². The van der Waals surface area contributed by atoms with Crippen LogP contribution in [-0.4, -0.2) is 35.3 Å². The molecule has 1 amide bonds. The number of benzene rings is 2. The summed E-state index contributed by atoms with van der Waals surface area (Å²) in [7, 11) is 0. The molecule has 0 aliphatic carbocycles. The molecule has 3 aromatic rings. The SMILES string of the molecule is Cc1ccc(Cl)cc1N1CCC(CNC(=O)c2ccc(-n3cccn3)cc2)C1. The summed E-state index contributed by atoms with van der Waals surface area (Å²) in [4.78, 5) is 14.8. The van der Waals surface area contributed by atoms with Gasteiger partial charge in [0, 0.05) is 48.3 Å². The number of hydrogen-bond acceptors (Lipinski definition) is 3. The molecule has 1 saturated heterocycles.